The van der Waals surface area contributed by atoms with Gasteiger partial charge in [-0.25, -0.2) is 4.98 Å². The Bertz CT molecular complexity index is 744. The second-order valence-electron chi connectivity index (χ2n) is 4.38. The molecular weight excluding hydrogens is 276 g/mol. The van der Waals surface area contributed by atoms with Crippen molar-refractivity contribution in [1.29, 1.82) is 0 Å². The third-order valence-corrected chi connectivity index (χ3v) is 4.78. The van der Waals surface area contributed by atoms with Crippen molar-refractivity contribution in [3.05, 3.63) is 45.6 Å². The molecule has 0 aliphatic heterocycles. The monoisotopic (exact) mass is 288 g/mol. The molecule has 2 aromatic heterocycles. The zero-order chi connectivity index (χ0) is 13.4. The summed E-state index contributed by atoms with van der Waals surface area (Å²) in [6, 6.07) is 7.85. The molecule has 1 amide bonds. The zero-order valence-electron chi connectivity index (χ0n) is 10.6. The van der Waals surface area contributed by atoms with Gasteiger partial charge in [0.2, 0.25) is 0 Å². The third kappa shape index (κ3) is 2.39. The zero-order valence-corrected chi connectivity index (χ0v) is 12.2. The number of aromatic nitrogens is 1. The minimum atomic E-state index is -0.0940. The van der Waals surface area contributed by atoms with Crippen LogP contribution in [0.2, 0.25) is 0 Å². The van der Waals surface area contributed by atoms with Crippen LogP contribution in [-0.4, -0.2) is 10.9 Å². The Morgan fingerprint density at radius 1 is 1.32 bits per heavy atom. The van der Waals surface area contributed by atoms with Gasteiger partial charge in [-0.3, -0.25) is 10.1 Å². The molecule has 0 aliphatic carbocycles. The van der Waals surface area contributed by atoms with Crippen LogP contribution in [-0.2, 0) is 0 Å². The quantitative estimate of drug-likeness (QED) is 0.767. The Morgan fingerprint density at radius 3 is 2.89 bits per heavy atom. The van der Waals surface area contributed by atoms with Crippen LogP contribution in [0.15, 0.2) is 29.6 Å². The lowest BCUT2D eigenvalue weighted by molar-refractivity contribution is 0.103. The number of carbonyl (C=O) groups excluding carboxylic acids is 1. The first-order chi connectivity index (χ1) is 9.13. The number of nitrogens with one attached hydrogen (secondary N) is 1. The number of fused-ring (bicyclic) bond motifs is 1. The highest BCUT2D eigenvalue weighted by Crippen LogP contribution is 2.30. The fraction of sp³-hybridized carbons (Fsp3) is 0.143. The van der Waals surface area contributed by atoms with Crippen molar-refractivity contribution in [2.75, 3.05) is 5.32 Å². The highest BCUT2D eigenvalue weighted by Gasteiger charge is 2.11. The molecule has 0 saturated carbocycles. The number of carbonyl (C=O) groups is 1. The average molecular weight is 288 g/mol. The number of aryl methyl sites for hydroxylation is 2. The lowest BCUT2D eigenvalue weighted by Crippen LogP contribution is -2.09. The summed E-state index contributed by atoms with van der Waals surface area (Å²) in [5, 5.41) is 5.40. The van der Waals surface area contributed by atoms with E-state index in [4.69, 9.17) is 0 Å². The van der Waals surface area contributed by atoms with Crippen LogP contribution in [0.25, 0.3) is 10.2 Å². The maximum Gasteiger partial charge on any atom is 0.267 e. The van der Waals surface area contributed by atoms with E-state index in [0.29, 0.717) is 10.0 Å². The average Bonchev–Trinajstić information content (AvgIpc) is 2.96. The molecule has 0 aliphatic rings. The van der Waals surface area contributed by atoms with E-state index in [-0.39, 0.29) is 5.91 Å². The number of anilines is 1. The molecule has 0 fully saturated rings. The van der Waals surface area contributed by atoms with E-state index in [1.165, 1.54) is 33.8 Å². The molecule has 96 valence electrons. The van der Waals surface area contributed by atoms with Gasteiger partial charge in [0, 0.05) is 0 Å². The van der Waals surface area contributed by atoms with Gasteiger partial charge in [-0.2, -0.15) is 0 Å². The van der Waals surface area contributed by atoms with Gasteiger partial charge in [-0.1, -0.05) is 23.5 Å². The second-order valence-corrected chi connectivity index (χ2v) is 6.33. The van der Waals surface area contributed by atoms with Crippen molar-refractivity contribution in [1.82, 2.24) is 4.98 Å². The Morgan fingerprint density at radius 2 is 2.16 bits per heavy atom. The number of thiophene rings is 1. The fourth-order valence-corrected chi connectivity index (χ4v) is 3.53. The number of benzene rings is 1. The first kappa shape index (κ1) is 12.3. The molecule has 0 saturated heterocycles. The third-order valence-electron chi connectivity index (χ3n) is 2.79. The molecule has 0 atom stereocenters. The Kier molecular flexibility index (Phi) is 3.08. The van der Waals surface area contributed by atoms with Gasteiger partial charge in [0.25, 0.3) is 5.91 Å². The molecule has 1 N–H and O–H groups in total. The van der Waals surface area contributed by atoms with E-state index >= 15 is 0 Å². The number of hydrogen-bond donors (Lipinski definition) is 1. The van der Waals surface area contributed by atoms with E-state index < -0.39 is 0 Å². The molecule has 0 spiro atoms. The smallest absolute Gasteiger partial charge is 0.267 e. The molecule has 1 aromatic carbocycles. The first-order valence-electron chi connectivity index (χ1n) is 5.86. The largest absolute Gasteiger partial charge is 0.297 e. The normalized spacial score (nSPS) is 10.8. The van der Waals surface area contributed by atoms with E-state index in [2.05, 4.69) is 30.2 Å². The number of amides is 1. The number of rotatable bonds is 2. The highest BCUT2D eigenvalue weighted by molar-refractivity contribution is 7.22. The van der Waals surface area contributed by atoms with E-state index in [9.17, 15) is 4.79 Å². The van der Waals surface area contributed by atoms with Crippen molar-refractivity contribution in [2.24, 2.45) is 0 Å². The summed E-state index contributed by atoms with van der Waals surface area (Å²) in [4.78, 5) is 17.1. The minimum absolute atomic E-state index is 0.0940. The van der Waals surface area contributed by atoms with Gasteiger partial charge in [0.1, 0.15) is 0 Å². The summed E-state index contributed by atoms with van der Waals surface area (Å²) >= 11 is 2.95. The lowest BCUT2D eigenvalue weighted by atomic mass is 10.1. The van der Waals surface area contributed by atoms with Gasteiger partial charge >= 0.3 is 0 Å². The summed E-state index contributed by atoms with van der Waals surface area (Å²) < 4.78 is 1.13. The fourth-order valence-electron chi connectivity index (χ4n) is 2.00. The second kappa shape index (κ2) is 4.75. The Labute approximate surface area is 118 Å². The van der Waals surface area contributed by atoms with Gasteiger partial charge in [0.05, 0.1) is 15.1 Å². The summed E-state index contributed by atoms with van der Waals surface area (Å²) in [6.45, 7) is 4.12. The van der Waals surface area contributed by atoms with Gasteiger partial charge < -0.3 is 0 Å². The topological polar surface area (TPSA) is 42.0 Å². The molecule has 2 heterocycles. The van der Waals surface area contributed by atoms with Gasteiger partial charge in [-0.15, -0.1) is 11.3 Å². The maximum absolute atomic E-state index is 12.0. The molecule has 3 nitrogen and oxygen atoms in total. The van der Waals surface area contributed by atoms with Crippen molar-refractivity contribution >= 4 is 43.9 Å². The summed E-state index contributed by atoms with van der Waals surface area (Å²) in [5.74, 6) is -0.0940. The molecule has 0 unspecified atom stereocenters. The molecular formula is C14H12N2OS2. The molecule has 3 aromatic rings. The van der Waals surface area contributed by atoms with Crippen molar-refractivity contribution in [3.8, 4) is 0 Å². The predicted molar refractivity (Wildman–Crippen MR) is 81.4 cm³/mol. The van der Waals surface area contributed by atoms with Gasteiger partial charge in [0.15, 0.2) is 5.13 Å². The highest BCUT2D eigenvalue weighted by atomic mass is 32.1. The SMILES string of the molecule is Cc1cc(C)c2sc(NC(=O)c3cccs3)nc2c1. The molecule has 19 heavy (non-hydrogen) atoms. The molecule has 0 bridgehead atoms. The minimum Gasteiger partial charge on any atom is -0.297 e. The first-order valence-corrected chi connectivity index (χ1v) is 7.56. The van der Waals surface area contributed by atoms with Crippen LogP contribution >= 0.6 is 22.7 Å². The van der Waals surface area contributed by atoms with Crippen LogP contribution in [0.3, 0.4) is 0 Å². The summed E-state index contributed by atoms with van der Waals surface area (Å²) in [5.41, 5.74) is 3.33. The molecule has 0 radical (unpaired) electrons. The Balaban J connectivity index is 1.94. The standard InChI is InChI=1S/C14H12N2OS2/c1-8-6-9(2)12-10(7-8)15-14(19-12)16-13(17)11-4-3-5-18-11/h3-7H,1-2H3,(H,15,16,17). The van der Waals surface area contributed by atoms with E-state index in [1.54, 1.807) is 0 Å². The molecule has 5 heteroatoms. The van der Waals surface area contributed by atoms with Crippen LogP contribution in [0.4, 0.5) is 5.13 Å². The van der Waals surface area contributed by atoms with Crippen LogP contribution in [0.5, 0.6) is 0 Å². The van der Waals surface area contributed by atoms with E-state index in [1.807, 2.05) is 23.6 Å². The Hall–Kier alpha value is -1.72. The van der Waals surface area contributed by atoms with Crippen LogP contribution in [0, 0.1) is 13.8 Å². The van der Waals surface area contributed by atoms with Crippen molar-refractivity contribution in [3.63, 3.8) is 0 Å². The number of nitrogens with zero attached hydrogens (tertiary/aromatic N) is 1. The van der Waals surface area contributed by atoms with Crippen LogP contribution in [0.1, 0.15) is 20.8 Å². The summed E-state index contributed by atoms with van der Waals surface area (Å²) in [6.07, 6.45) is 0. The van der Waals surface area contributed by atoms with E-state index in [0.717, 1.165) is 10.2 Å². The summed E-state index contributed by atoms with van der Waals surface area (Å²) in [7, 11) is 0. The van der Waals surface area contributed by atoms with Crippen LogP contribution < -0.4 is 5.32 Å². The maximum atomic E-state index is 12.0. The molecule has 3 rings (SSSR count). The predicted octanol–water partition coefficient (Wildman–Crippen LogP) is 4.23. The van der Waals surface area contributed by atoms with Crippen molar-refractivity contribution in [2.45, 2.75) is 13.8 Å². The van der Waals surface area contributed by atoms with Crippen molar-refractivity contribution < 1.29 is 4.79 Å². The van der Waals surface area contributed by atoms with Gasteiger partial charge in [-0.05, 0) is 42.5 Å². The number of thiazole rings is 1. The lowest BCUT2D eigenvalue weighted by Gasteiger charge is -1.96. The number of hydrogen-bond acceptors (Lipinski definition) is 4.